The minimum Gasteiger partial charge on any atom is -0.322 e. The van der Waals surface area contributed by atoms with E-state index in [0.29, 0.717) is 12.1 Å². The predicted molar refractivity (Wildman–Crippen MR) is 46.5 cm³/mol. The Morgan fingerprint density at radius 1 is 1.14 bits per heavy atom. The van der Waals surface area contributed by atoms with Gasteiger partial charge in [0.2, 0.25) is 0 Å². The van der Waals surface area contributed by atoms with Gasteiger partial charge in [-0.15, -0.1) is 12.4 Å². The molecular weight excluding hydrogens is 222 g/mol. The van der Waals surface area contributed by atoms with Gasteiger partial charge in [-0.25, -0.2) is 17.6 Å². The molecule has 0 aromatic heterocycles. The molecule has 0 fully saturated rings. The Morgan fingerprint density at radius 3 is 2.14 bits per heavy atom. The molecule has 6 heteroatoms. The van der Waals surface area contributed by atoms with Gasteiger partial charge in [-0.3, -0.25) is 0 Å². The van der Waals surface area contributed by atoms with Crippen molar-refractivity contribution >= 4 is 12.4 Å². The van der Waals surface area contributed by atoms with Gasteiger partial charge in [-0.1, -0.05) is 0 Å². The lowest BCUT2D eigenvalue weighted by Gasteiger charge is -2.09. The summed E-state index contributed by atoms with van der Waals surface area (Å²) >= 11 is 0. The summed E-state index contributed by atoms with van der Waals surface area (Å²) in [4.78, 5) is 0. The van der Waals surface area contributed by atoms with Gasteiger partial charge >= 0.3 is 0 Å². The van der Waals surface area contributed by atoms with Gasteiger partial charge in [0.15, 0.2) is 11.6 Å². The minimum atomic E-state index is -1.46. The second-order valence-corrected chi connectivity index (χ2v) is 2.52. The fraction of sp³-hybridized carbons (Fsp3) is 0.250. The smallest absolute Gasteiger partial charge is 0.166 e. The van der Waals surface area contributed by atoms with Gasteiger partial charge in [-0.05, 0) is 12.1 Å². The summed E-state index contributed by atoms with van der Waals surface area (Å²) in [5.74, 6) is -3.70. The molecule has 0 amide bonds. The highest BCUT2D eigenvalue weighted by molar-refractivity contribution is 5.85. The van der Waals surface area contributed by atoms with Crippen LogP contribution >= 0.6 is 12.4 Å². The van der Waals surface area contributed by atoms with Crippen LogP contribution in [0.25, 0.3) is 0 Å². The van der Waals surface area contributed by atoms with Crippen molar-refractivity contribution in [3.05, 3.63) is 35.1 Å². The van der Waals surface area contributed by atoms with Crippen molar-refractivity contribution in [1.82, 2.24) is 0 Å². The maximum atomic E-state index is 12.8. The monoisotopic (exact) mass is 229 g/mol. The van der Waals surface area contributed by atoms with Crippen LogP contribution in [-0.2, 0) is 0 Å². The molecule has 1 aromatic carbocycles. The Labute approximate surface area is 84.3 Å². The number of alkyl halides is 1. The van der Waals surface area contributed by atoms with Crippen LogP contribution in [0.15, 0.2) is 12.1 Å². The maximum absolute atomic E-state index is 12.8. The van der Waals surface area contributed by atoms with E-state index >= 15 is 0 Å². The molecule has 0 spiro atoms. The Kier molecular flexibility index (Phi) is 4.87. The van der Waals surface area contributed by atoms with E-state index in [0.717, 1.165) is 0 Å². The number of halogens is 5. The zero-order valence-corrected chi connectivity index (χ0v) is 7.75. The SMILES string of the molecule is Cl.N[C@H](CF)c1c(F)ccc(F)c1F. The first kappa shape index (κ1) is 13.2. The standard InChI is InChI=1S/C8H7F4N.ClH/c9-3-6(13)7-4(10)1-2-5(11)8(7)12;/h1-2,6H,3,13H2;1H/t6-;/m1./s1. The molecule has 0 saturated heterocycles. The molecule has 0 saturated carbocycles. The van der Waals surface area contributed by atoms with E-state index in [-0.39, 0.29) is 12.4 Å². The molecule has 0 aliphatic heterocycles. The fourth-order valence-electron chi connectivity index (χ4n) is 0.960. The number of nitrogens with two attached hydrogens (primary N) is 1. The van der Waals surface area contributed by atoms with Crippen LogP contribution in [-0.4, -0.2) is 6.67 Å². The van der Waals surface area contributed by atoms with Gasteiger partial charge < -0.3 is 5.73 Å². The Morgan fingerprint density at radius 2 is 1.64 bits per heavy atom. The van der Waals surface area contributed by atoms with Gasteiger partial charge in [0.25, 0.3) is 0 Å². The van der Waals surface area contributed by atoms with E-state index in [9.17, 15) is 17.6 Å². The topological polar surface area (TPSA) is 26.0 Å². The van der Waals surface area contributed by atoms with Crippen LogP contribution < -0.4 is 5.73 Å². The molecule has 2 N–H and O–H groups in total. The number of benzene rings is 1. The third-order valence-corrected chi connectivity index (χ3v) is 1.62. The summed E-state index contributed by atoms with van der Waals surface area (Å²) in [5.41, 5.74) is 4.30. The molecule has 0 radical (unpaired) electrons. The molecule has 0 unspecified atom stereocenters. The molecular formula is C8H8ClF4N. The van der Waals surface area contributed by atoms with Gasteiger partial charge in [0.05, 0.1) is 6.04 Å². The first-order valence-corrected chi connectivity index (χ1v) is 3.53. The Bertz CT molecular complexity index is 318. The highest BCUT2D eigenvalue weighted by Crippen LogP contribution is 2.21. The zero-order chi connectivity index (χ0) is 10.0. The lowest BCUT2D eigenvalue weighted by molar-refractivity contribution is 0.402. The summed E-state index contributed by atoms with van der Waals surface area (Å²) in [5, 5.41) is 0. The van der Waals surface area contributed by atoms with E-state index in [4.69, 9.17) is 5.73 Å². The Hall–Kier alpha value is -0.810. The number of rotatable bonds is 2. The maximum Gasteiger partial charge on any atom is 0.166 e. The van der Waals surface area contributed by atoms with Crippen LogP contribution in [0.5, 0.6) is 0 Å². The largest absolute Gasteiger partial charge is 0.322 e. The van der Waals surface area contributed by atoms with Gasteiger partial charge in [0.1, 0.15) is 12.5 Å². The average molecular weight is 230 g/mol. The summed E-state index contributed by atoms with van der Waals surface area (Å²) in [7, 11) is 0. The number of hydrogen-bond acceptors (Lipinski definition) is 1. The van der Waals surface area contributed by atoms with Crippen molar-refractivity contribution in [1.29, 1.82) is 0 Å². The summed E-state index contributed by atoms with van der Waals surface area (Å²) < 4.78 is 50.2. The summed E-state index contributed by atoms with van der Waals surface area (Å²) in [6.45, 7) is -1.14. The quantitative estimate of drug-likeness (QED) is 0.612. The van der Waals surface area contributed by atoms with Crippen molar-refractivity contribution in [2.45, 2.75) is 6.04 Å². The Balaban J connectivity index is 0.00000169. The minimum absolute atomic E-state index is 0. The molecule has 1 aromatic rings. The van der Waals surface area contributed by atoms with E-state index in [1.807, 2.05) is 0 Å². The fourth-order valence-corrected chi connectivity index (χ4v) is 0.960. The average Bonchev–Trinajstić information content (AvgIpc) is 2.12. The molecule has 0 aliphatic rings. The van der Waals surface area contributed by atoms with Crippen molar-refractivity contribution in [2.24, 2.45) is 5.73 Å². The third kappa shape index (κ3) is 2.36. The van der Waals surface area contributed by atoms with Crippen molar-refractivity contribution in [2.75, 3.05) is 6.67 Å². The van der Waals surface area contributed by atoms with Crippen molar-refractivity contribution in [3.63, 3.8) is 0 Å². The normalized spacial score (nSPS) is 12.1. The molecule has 0 heterocycles. The summed E-state index contributed by atoms with van der Waals surface area (Å²) in [6.07, 6.45) is 0. The van der Waals surface area contributed by atoms with Crippen LogP contribution in [0.4, 0.5) is 17.6 Å². The first-order valence-electron chi connectivity index (χ1n) is 3.53. The highest BCUT2D eigenvalue weighted by Gasteiger charge is 2.19. The van der Waals surface area contributed by atoms with Crippen LogP contribution in [0.1, 0.15) is 11.6 Å². The molecule has 0 bridgehead atoms. The van der Waals surface area contributed by atoms with Gasteiger partial charge in [-0.2, -0.15) is 0 Å². The molecule has 14 heavy (non-hydrogen) atoms. The molecule has 80 valence electrons. The second kappa shape index (κ2) is 5.17. The molecule has 1 nitrogen and oxygen atoms in total. The van der Waals surface area contributed by atoms with E-state index in [1.165, 1.54) is 0 Å². The number of hydrogen-bond donors (Lipinski definition) is 1. The first-order chi connectivity index (χ1) is 6.07. The van der Waals surface area contributed by atoms with E-state index in [2.05, 4.69) is 0 Å². The van der Waals surface area contributed by atoms with Crippen LogP contribution in [0.3, 0.4) is 0 Å². The highest BCUT2D eigenvalue weighted by atomic mass is 35.5. The lowest BCUT2D eigenvalue weighted by atomic mass is 10.1. The van der Waals surface area contributed by atoms with Crippen LogP contribution in [0.2, 0.25) is 0 Å². The van der Waals surface area contributed by atoms with Gasteiger partial charge in [0, 0.05) is 5.56 Å². The lowest BCUT2D eigenvalue weighted by Crippen LogP contribution is -2.16. The van der Waals surface area contributed by atoms with E-state index < -0.39 is 35.7 Å². The zero-order valence-electron chi connectivity index (χ0n) is 6.94. The van der Waals surface area contributed by atoms with E-state index in [1.54, 1.807) is 0 Å². The van der Waals surface area contributed by atoms with Crippen LogP contribution in [0, 0.1) is 17.5 Å². The summed E-state index contributed by atoms with van der Waals surface area (Å²) in [6, 6.07) is -0.127. The van der Waals surface area contributed by atoms with Crippen molar-refractivity contribution in [3.8, 4) is 0 Å². The second-order valence-electron chi connectivity index (χ2n) is 2.52. The van der Waals surface area contributed by atoms with Crippen molar-refractivity contribution < 1.29 is 17.6 Å². The predicted octanol–water partition coefficient (Wildman–Crippen LogP) is 2.50. The molecule has 0 aliphatic carbocycles. The molecule has 1 rings (SSSR count). The third-order valence-electron chi connectivity index (χ3n) is 1.62. The molecule has 1 atom stereocenters.